The van der Waals surface area contributed by atoms with Gasteiger partial charge in [-0.3, -0.25) is 4.79 Å². The van der Waals surface area contributed by atoms with E-state index in [1.807, 2.05) is 0 Å². The molecule has 1 atom stereocenters. The number of amides is 1. The van der Waals surface area contributed by atoms with E-state index < -0.39 is 17.8 Å². The number of primary amides is 1. The van der Waals surface area contributed by atoms with E-state index >= 15 is 0 Å². The lowest BCUT2D eigenvalue weighted by Crippen LogP contribution is -2.35. The Balaban J connectivity index is 1.72. The lowest BCUT2D eigenvalue weighted by molar-refractivity contribution is -0.137. The van der Waals surface area contributed by atoms with Crippen molar-refractivity contribution in [2.75, 3.05) is 6.54 Å². The second-order valence-electron chi connectivity index (χ2n) is 7.99. The zero-order chi connectivity index (χ0) is 24.3. The van der Waals surface area contributed by atoms with Crippen molar-refractivity contribution in [2.24, 2.45) is 5.73 Å². The van der Waals surface area contributed by atoms with Gasteiger partial charge in [0.05, 0.1) is 10.4 Å². The molecule has 0 spiro atoms. The van der Waals surface area contributed by atoms with Gasteiger partial charge in [0.25, 0.3) is 0 Å². The Labute approximate surface area is 198 Å². The fourth-order valence-corrected chi connectivity index (χ4v) is 4.95. The molecule has 1 unspecified atom stereocenters. The van der Waals surface area contributed by atoms with Crippen LogP contribution >= 0.6 is 11.3 Å². The van der Waals surface area contributed by atoms with E-state index in [-0.39, 0.29) is 35.3 Å². The largest absolute Gasteiger partial charge is 0.416 e. The molecule has 0 saturated carbocycles. The number of carbonyl (C=O) groups excluding carboxylic acids is 2. The van der Waals surface area contributed by atoms with Crippen LogP contribution in [0.5, 0.6) is 5.75 Å². The van der Waals surface area contributed by atoms with Gasteiger partial charge < -0.3 is 15.8 Å². The van der Waals surface area contributed by atoms with Crippen molar-refractivity contribution in [2.45, 2.75) is 37.9 Å². The molecule has 0 radical (unpaired) electrons. The number of halogens is 3. The summed E-state index contributed by atoms with van der Waals surface area (Å²) >= 11 is 1.14. The number of nitrogens with two attached hydrogens (primary N) is 1. The Morgan fingerprint density at radius 1 is 1.12 bits per heavy atom. The van der Waals surface area contributed by atoms with Crippen LogP contribution in [0, 0.1) is 0 Å². The molecule has 1 aliphatic heterocycles. The Hall–Kier alpha value is -3.24. The molecular weight excluding hydrogens is 467 g/mol. The summed E-state index contributed by atoms with van der Waals surface area (Å²) in [5.41, 5.74) is 5.30. The number of nitrogens with zero attached hydrogens (tertiary/aromatic N) is 1. The predicted octanol–water partition coefficient (Wildman–Crippen LogP) is 5.67. The van der Waals surface area contributed by atoms with E-state index in [0.717, 1.165) is 49.3 Å². The van der Waals surface area contributed by atoms with E-state index in [1.54, 1.807) is 18.2 Å². The number of ketones is 1. The van der Waals surface area contributed by atoms with Crippen LogP contribution in [0.3, 0.4) is 0 Å². The standard InChI is InChI=1S/C24H22F3N3O3S/c25-24(26,27)16-5-3-4-15(12-16)21-20(19(31)13-17-6-1-2-11-29-17)30-22(34-21)14-7-9-18(10-8-14)33-23(28)32/h3-5,7-10,12,17,29H,1-2,6,11,13H2,(H2,28,32). The molecule has 0 bridgehead atoms. The maximum absolute atomic E-state index is 13.3. The Morgan fingerprint density at radius 2 is 1.88 bits per heavy atom. The number of benzene rings is 2. The topological polar surface area (TPSA) is 94.3 Å². The molecular formula is C24H22F3N3O3S. The van der Waals surface area contributed by atoms with E-state index in [2.05, 4.69) is 10.3 Å². The molecule has 178 valence electrons. The number of alkyl halides is 3. The first-order valence-corrected chi connectivity index (χ1v) is 11.5. The summed E-state index contributed by atoms with van der Waals surface area (Å²) in [7, 11) is 0. The highest BCUT2D eigenvalue weighted by Crippen LogP contribution is 2.39. The van der Waals surface area contributed by atoms with Crippen molar-refractivity contribution in [1.29, 1.82) is 0 Å². The molecule has 2 aromatic carbocycles. The van der Waals surface area contributed by atoms with Gasteiger partial charge in [-0.2, -0.15) is 13.2 Å². The third-order valence-corrected chi connectivity index (χ3v) is 6.66. The van der Waals surface area contributed by atoms with Crippen LogP contribution < -0.4 is 15.8 Å². The second kappa shape index (κ2) is 9.94. The van der Waals surface area contributed by atoms with Gasteiger partial charge in [-0.1, -0.05) is 18.6 Å². The molecule has 3 N–H and O–H groups in total. The first-order chi connectivity index (χ1) is 16.2. The number of carbonyl (C=O) groups is 2. The molecule has 1 fully saturated rings. The third-order valence-electron chi connectivity index (χ3n) is 5.51. The Kier molecular flexibility index (Phi) is 6.99. The molecule has 0 aliphatic carbocycles. The van der Waals surface area contributed by atoms with Gasteiger partial charge in [-0.05, 0) is 61.3 Å². The molecule has 3 aromatic rings. The normalized spacial score (nSPS) is 16.3. The minimum Gasteiger partial charge on any atom is -0.411 e. The summed E-state index contributed by atoms with van der Waals surface area (Å²) in [5, 5.41) is 3.79. The van der Waals surface area contributed by atoms with Crippen LogP contribution in [0.15, 0.2) is 48.5 Å². The first-order valence-electron chi connectivity index (χ1n) is 10.7. The maximum Gasteiger partial charge on any atom is 0.416 e. The molecule has 4 rings (SSSR count). The van der Waals surface area contributed by atoms with Gasteiger partial charge in [-0.15, -0.1) is 11.3 Å². The number of thiazole rings is 1. The number of nitrogens with one attached hydrogen (secondary N) is 1. The summed E-state index contributed by atoms with van der Waals surface area (Å²) in [6.07, 6.45) is -2.29. The minimum absolute atomic E-state index is 0.0194. The number of hydrogen-bond acceptors (Lipinski definition) is 6. The van der Waals surface area contributed by atoms with E-state index in [0.29, 0.717) is 15.4 Å². The highest BCUT2D eigenvalue weighted by atomic mass is 32.1. The Morgan fingerprint density at radius 3 is 2.53 bits per heavy atom. The summed E-state index contributed by atoms with van der Waals surface area (Å²) in [6, 6.07) is 11.3. The average Bonchev–Trinajstić information content (AvgIpc) is 3.25. The molecule has 2 heterocycles. The smallest absolute Gasteiger partial charge is 0.411 e. The van der Waals surface area contributed by atoms with Crippen LogP contribution in [0.4, 0.5) is 18.0 Å². The summed E-state index contributed by atoms with van der Waals surface area (Å²) in [6.45, 7) is 0.834. The van der Waals surface area contributed by atoms with Crippen LogP contribution in [-0.2, 0) is 6.18 Å². The number of Topliss-reactive ketones (excluding diaryl/α,β-unsaturated/α-hetero) is 1. The van der Waals surface area contributed by atoms with E-state index in [1.165, 1.54) is 18.2 Å². The molecule has 1 amide bonds. The van der Waals surface area contributed by atoms with Crippen LogP contribution in [-0.4, -0.2) is 29.4 Å². The minimum atomic E-state index is -4.50. The number of rotatable bonds is 6. The molecule has 6 nitrogen and oxygen atoms in total. The summed E-state index contributed by atoms with van der Waals surface area (Å²) < 4.78 is 44.8. The van der Waals surface area contributed by atoms with E-state index in [4.69, 9.17) is 10.5 Å². The molecule has 10 heteroatoms. The fourth-order valence-electron chi connectivity index (χ4n) is 3.87. The van der Waals surface area contributed by atoms with Gasteiger partial charge >= 0.3 is 12.3 Å². The second-order valence-corrected chi connectivity index (χ2v) is 8.99. The van der Waals surface area contributed by atoms with Gasteiger partial charge in [-0.25, -0.2) is 9.78 Å². The van der Waals surface area contributed by atoms with Crippen molar-refractivity contribution >= 4 is 23.2 Å². The predicted molar refractivity (Wildman–Crippen MR) is 123 cm³/mol. The molecule has 1 aromatic heterocycles. The lowest BCUT2D eigenvalue weighted by atomic mass is 9.97. The van der Waals surface area contributed by atoms with Gasteiger partial charge in [0.1, 0.15) is 16.5 Å². The highest BCUT2D eigenvalue weighted by molar-refractivity contribution is 7.18. The molecule has 34 heavy (non-hydrogen) atoms. The molecule has 1 saturated heterocycles. The van der Waals surface area contributed by atoms with Crippen molar-refractivity contribution in [3.8, 4) is 26.8 Å². The van der Waals surface area contributed by atoms with Crippen LogP contribution in [0.2, 0.25) is 0 Å². The van der Waals surface area contributed by atoms with Gasteiger partial charge in [0, 0.05) is 18.0 Å². The summed E-state index contributed by atoms with van der Waals surface area (Å²) in [4.78, 5) is 29.1. The van der Waals surface area contributed by atoms with E-state index in [9.17, 15) is 22.8 Å². The van der Waals surface area contributed by atoms with Crippen molar-refractivity contribution < 1.29 is 27.5 Å². The zero-order valence-corrected chi connectivity index (χ0v) is 18.8. The fraction of sp³-hybridized carbons (Fsp3) is 0.292. The Bertz CT molecular complexity index is 1190. The number of aromatic nitrogens is 1. The van der Waals surface area contributed by atoms with Gasteiger partial charge in [0.15, 0.2) is 5.78 Å². The monoisotopic (exact) mass is 489 g/mol. The van der Waals surface area contributed by atoms with Crippen molar-refractivity contribution in [3.63, 3.8) is 0 Å². The SMILES string of the molecule is NC(=O)Oc1ccc(-c2nc(C(=O)CC3CCCCN3)c(-c3cccc(C(F)(F)F)c3)s2)cc1. The number of ether oxygens (including phenoxy) is 1. The van der Waals surface area contributed by atoms with Crippen LogP contribution in [0.25, 0.3) is 21.0 Å². The van der Waals surface area contributed by atoms with Crippen molar-refractivity contribution in [1.82, 2.24) is 10.3 Å². The quantitative estimate of drug-likeness (QED) is 0.435. The summed E-state index contributed by atoms with van der Waals surface area (Å²) in [5.74, 6) is 0.0218. The van der Waals surface area contributed by atoms with Crippen LogP contribution in [0.1, 0.15) is 41.7 Å². The number of hydrogen-bond donors (Lipinski definition) is 2. The zero-order valence-electron chi connectivity index (χ0n) is 18.0. The molecule has 1 aliphatic rings. The van der Waals surface area contributed by atoms with Crippen molar-refractivity contribution in [3.05, 3.63) is 59.8 Å². The third kappa shape index (κ3) is 5.63. The average molecular weight is 490 g/mol. The lowest BCUT2D eigenvalue weighted by Gasteiger charge is -2.22. The highest BCUT2D eigenvalue weighted by Gasteiger charge is 2.31. The number of piperidine rings is 1. The first kappa shape index (κ1) is 23.9. The van der Waals surface area contributed by atoms with Gasteiger partial charge in [0.2, 0.25) is 0 Å². The maximum atomic E-state index is 13.3.